The van der Waals surface area contributed by atoms with E-state index >= 15 is 0 Å². The molecule has 14 heavy (non-hydrogen) atoms. The maximum absolute atomic E-state index is 11.4. The minimum atomic E-state index is -0.851. The van der Waals surface area contributed by atoms with Crippen molar-refractivity contribution in [1.82, 2.24) is 10.2 Å². The number of hydrogen-bond donors (Lipinski definition) is 2. The molecule has 1 aliphatic heterocycles. The SMILES string of the molecule is CN1CC(NC(=O)C2CC2C(=O)O)C1. The van der Waals surface area contributed by atoms with E-state index in [1.807, 2.05) is 7.05 Å². The number of amides is 1. The van der Waals surface area contributed by atoms with E-state index < -0.39 is 11.9 Å². The summed E-state index contributed by atoms with van der Waals surface area (Å²) in [5.74, 6) is -1.66. The summed E-state index contributed by atoms with van der Waals surface area (Å²) in [6, 6.07) is 0.225. The van der Waals surface area contributed by atoms with E-state index in [1.165, 1.54) is 0 Å². The van der Waals surface area contributed by atoms with Crippen LogP contribution in [0.4, 0.5) is 0 Å². The first-order chi connectivity index (χ1) is 6.58. The highest BCUT2D eigenvalue weighted by atomic mass is 16.4. The van der Waals surface area contributed by atoms with Crippen LogP contribution in [0.1, 0.15) is 6.42 Å². The summed E-state index contributed by atoms with van der Waals surface area (Å²) in [6.07, 6.45) is 0.504. The lowest BCUT2D eigenvalue weighted by Gasteiger charge is -2.36. The molecule has 2 atom stereocenters. The summed E-state index contributed by atoms with van der Waals surface area (Å²) in [5, 5.41) is 11.5. The van der Waals surface area contributed by atoms with Crippen LogP contribution in [0, 0.1) is 11.8 Å². The summed E-state index contributed by atoms with van der Waals surface area (Å²) in [6.45, 7) is 1.74. The summed E-state index contributed by atoms with van der Waals surface area (Å²) in [7, 11) is 1.99. The Hall–Kier alpha value is -1.10. The monoisotopic (exact) mass is 198 g/mol. The highest BCUT2D eigenvalue weighted by Gasteiger charge is 2.48. The van der Waals surface area contributed by atoms with Crippen molar-refractivity contribution in [3.63, 3.8) is 0 Å². The van der Waals surface area contributed by atoms with Gasteiger partial charge in [-0.2, -0.15) is 0 Å². The molecule has 0 bridgehead atoms. The summed E-state index contributed by atoms with van der Waals surface area (Å²) >= 11 is 0. The molecular formula is C9H14N2O3. The van der Waals surface area contributed by atoms with Crippen LogP contribution >= 0.6 is 0 Å². The molecule has 0 aromatic rings. The zero-order chi connectivity index (χ0) is 10.3. The Balaban J connectivity index is 1.73. The van der Waals surface area contributed by atoms with Gasteiger partial charge in [-0.05, 0) is 13.5 Å². The van der Waals surface area contributed by atoms with Gasteiger partial charge in [-0.3, -0.25) is 9.59 Å². The maximum Gasteiger partial charge on any atom is 0.307 e. The molecule has 2 N–H and O–H groups in total. The first kappa shape index (κ1) is 9.45. The molecule has 0 aromatic carbocycles. The Morgan fingerprint density at radius 3 is 2.43 bits per heavy atom. The lowest BCUT2D eigenvalue weighted by molar-refractivity contribution is -0.140. The first-order valence-corrected chi connectivity index (χ1v) is 4.79. The number of nitrogens with one attached hydrogen (secondary N) is 1. The highest BCUT2D eigenvalue weighted by molar-refractivity contribution is 5.89. The Morgan fingerprint density at radius 1 is 1.36 bits per heavy atom. The Labute approximate surface area is 82.1 Å². The fourth-order valence-corrected chi connectivity index (χ4v) is 1.86. The zero-order valence-corrected chi connectivity index (χ0v) is 8.06. The number of carbonyl (C=O) groups excluding carboxylic acids is 1. The van der Waals surface area contributed by atoms with Crippen LogP contribution in [0.3, 0.4) is 0 Å². The maximum atomic E-state index is 11.4. The second kappa shape index (κ2) is 3.24. The summed E-state index contributed by atoms with van der Waals surface area (Å²) in [4.78, 5) is 24.1. The Kier molecular flexibility index (Phi) is 2.19. The van der Waals surface area contributed by atoms with Gasteiger partial charge in [0.25, 0.3) is 0 Å². The van der Waals surface area contributed by atoms with Crippen molar-refractivity contribution in [3.8, 4) is 0 Å². The molecule has 5 heteroatoms. The van der Waals surface area contributed by atoms with Gasteiger partial charge in [0.1, 0.15) is 0 Å². The van der Waals surface area contributed by atoms with Crippen molar-refractivity contribution < 1.29 is 14.7 Å². The molecule has 1 heterocycles. The van der Waals surface area contributed by atoms with Crippen LogP contribution in [0.15, 0.2) is 0 Å². The van der Waals surface area contributed by atoms with Crippen LogP contribution < -0.4 is 5.32 Å². The van der Waals surface area contributed by atoms with E-state index in [-0.39, 0.29) is 17.9 Å². The average Bonchev–Trinajstić information content (AvgIpc) is 2.79. The van der Waals surface area contributed by atoms with Gasteiger partial charge in [-0.1, -0.05) is 0 Å². The van der Waals surface area contributed by atoms with Crippen LogP contribution in [-0.2, 0) is 9.59 Å². The summed E-state index contributed by atoms with van der Waals surface area (Å²) in [5.41, 5.74) is 0. The molecule has 0 aromatic heterocycles. The molecule has 1 aliphatic carbocycles. The largest absolute Gasteiger partial charge is 0.481 e. The zero-order valence-electron chi connectivity index (χ0n) is 8.06. The normalized spacial score (nSPS) is 32.1. The first-order valence-electron chi connectivity index (χ1n) is 4.79. The minimum Gasteiger partial charge on any atom is -0.481 e. The van der Waals surface area contributed by atoms with Gasteiger partial charge in [-0.15, -0.1) is 0 Å². The number of rotatable bonds is 3. The molecule has 78 valence electrons. The molecule has 2 unspecified atom stereocenters. The van der Waals surface area contributed by atoms with Crippen LogP contribution in [0.5, 0.6) is 0 Å². The molecule has 2 aliphatic rings. The molecule has 2 fully saturated rings. The van der Waals surface area contributed by atoms with Crippen LogP contribution in [0.2, 0.25) is 0 Å². The predicted molar refractivity (Wildman–Crippen MR) is 48.7 cm³/mol. The topological polar surface area (TPSA) is 69.6 Å². The summed E-state index contributed by atoms with van der Waals surface area (Å²) < 4.78 is 0. The third-order valence-corrected chi connectivity index (χ3v) is 2.85. The number of nitrogens with zero attached hydrogens (tertiary/aromatic N) is 1. The molecular weight excluding hydrogens is 184 g/mol. The Morgan fingerprint density at radius 2 is 2.00 bits per heavy atom. The van der Waals surface area contributed by atoms with Crippen LogP contribution in [0.25, 0.3) is 0 Å². The van der Waals surface area contributed by atoms with Crippen molar-refractivity contribution in [2.75, 3.05) is 20.1 Å². The quantitative estimate of drug-likeness (QED) is 0.619. The molecule has 0 radical (unpaired) electrons. The second-order valence-corrected chi connectivity index (χ2v) is 4.21. The lowest BCUT2D eigenvalue weighted by atomic mass is 10.1. The van der Waals surface area contributed by atoms with Gasteiger partial charge >= 0.3 is 5.97 Å². The fourth-order valence-electron chi connectivity index (χ4n) is 1.86. The van der Waals surface area contributed by atoms with Gasteiger partial charge < -0.3 is 15.3 Å². The molecule has 0 spiro atoms. The highest BCUT2D eigenvalue weighted by Crippen LogP contribution is 2.38. The van der Waals surface area contributed by atoms with Crippen molar-refractivity contribution >= 4 is 11.9 Å². The van der Waals surface area contributed by atoms with E-state index in [2.05, 4.69) is 10.2 Å². The number of carboxylic acid groups (broad SMARTS) is 1. The third-order valence-electron chi connectivity index (χ3n) is 2.85. The van der Waals surface area contributed by atoms with Gasteiger partial charge in [-0.25, -0.2) is 0 Å². The number of likely N-dealkylation sites (tertiary alicyclic amines) is 1. The molecule has 1 amide bonds. The molecule has 5 nitrogen and oxygen atoms in total. The number of aliphatic carboxylic acids is 1. The number of carboxylic acids is 1. The minimum absolute atomic E-state index is 0.0875. The standard InChI is InChI=1S/C9H14N2O3/c1-11-3-5(4-11)10-8(12)6-2-7(6)9(13)14/h5-7H,2-4H2,1H3,(H,10,12)(H,13,14). The van der Waals surface area contributed by atoms with E-state index in [1.54, 1.807) is 0 Å². The smallest absolute Gasteiger partial charge is 0.307 e. The van der Waals surface area contributed by atoms with Gasteiger partial charge in [0.2, 0.25) is 5.91 Å². The van der Waals surface area contributed by atoms with Gasteiger partial charge in [0.15, 0.2) is 0 Å². The third kappa shape index (κ3) is 1.72. The van der Waals surface area contributed by atoms with E-state index in [0.717, 1.165) is 13.1 Å². The molecule has 1 saturated heterocycles. The predicted octanol–water partition coefficient (Wildman–Crippen LogP) is -0.863. The molecule has 2 rings (SSSR count). The van der Waals surface area contributed by atoms with Crippen molar-refractivity contribution in [2.45, 2.75) is 12.5 Å². The fraction of sp³-hybridized carbons (Fsp3) is 0.778. The number of carbonyl (C=O) groups is 2. The molecule has 1 saturated carbocycles. The van der Waals surface area contributed by atoms with Gasteiger partial charge in [0, 0.05) is 13.1 Å². The number of hydrogen-bond acceptors (Lipinski definition) is 3. The van der Waals surface area contributed by atoms with Crippen molar-refractivity contribution in [3.05, 3.63) is 0 Å². The van der Waals surface area contributed by atoms with E-state index in [0.29, 0.717) is 6.42 Å². The van der Waals surface area contributed by atoms with Crippen molar-refractivity contribution in [1.29, 1.82) is 0 Å². The van der Waals surface area contributed by atoms with Gasteiger partial charge in [0.05, 0.1) is 17.9 Å². The van der Waals surface area contributed by atoms with E-state index in [9.17, 15) is 9.59 Å². The second-order valence-electron chi connectivity index (χ2n) is 4.21. The lowest BCUT2D eigenvalue weighted by Crippen LogP contribution is -2.57. The average molecular weight is 198 g/mol. The van der Waals surface area contributed by atoms with Crippen LogP contribution in [-0.4, -0.2) is 48.1 Å². The van der Waals surface area contributed by atoms with Crippen molar-refractivity contribution in [2.24, 2.45) is 11.8 Å². The number of likely N-dealkylation sites (N-methyl/N-ethyl adjacent to an activating group) is 1. The Bertz CT molecular complexity index is 273. The van der Waals surface area contributed by atoms with E-state index in [4.69, 9.17) is 5.11 Å².